The molecule has 32 heavy (non-hydrogen) atoms. The lowest BCUT2D eigenvalue weighted by molar-refractivity contribution is 0.413. The van der Waals surface area contributed by atoms with Crippen LogP contribution in [0.5, 0.6) is 11.5 Å². The number of aliphatic imine (C=N–C) groups is 1. The molecule has 0 saturated heterocycles. The summed E-state index contributed by atoms with van der Waals surface area (Å²) in [5.74, 6) is 1.97. The molecule has 0 fully saturated rings. The second kappa shape index (κ2) is 7.81. The van der Waals surface area contributed by atoms with E-state index in [9.17, 15) is 0 Å². The molecule has 0 amide bonds. The quantitative estimate of drug-likeness (QED) is 0.513. The van der Waals surface area contributed by atoms with Gasteiger partial charge >= 0.3 is 0 Å². The molecule has 0 radical (unpaired) electrons. The summed E-state index contributed by atoms with van der Waals surface area (Å²) in [7, 11) is 3.30. The van der Waals surface area contributed by atoms with Crippen LogP contribution >= 0.6 is 0 Å². The molecule has 6 heteroatoms. The SMILES string of the molecule is COc1ccc(C2(c3cccc(-c4cncc(OC)c4)c3)N=Cc3nc(N)ccc32)cc1. The van der Waals surface area contributed by atoms with Crippen LogP contribution in [0.15, 0.2) is 84.1 Å². The van der Waals surface area contributed by atoms with Crippen LogP contribution in [0.2, 0.25) is 0 Å². The van der Waals surface area contributed by atoms with Gasteiger partial charge in [-0.1, -0.05) is 36.4 Å². The lowest BCUT2D eigenvalue weighted by atomic mass is 9.77. The zero-order chi connectivity index (χ0) is 22.1. The van der Waals surface area contributed by atoms with Crippen molar-refractivity contribution in [2.75, 3.05) is 20.0 Å². The number of anilines is 1. The maximum Gasteiger partial charge on any atom is 0.138 e. The van der Waals surface area contributed by atoms with Crippen molar-refractivity contribution >= 4 is 12.0 Å². The van der Waals surface area contributed by atoms with E-state index in [1.807, 2.05) is 54.7 Å². The summed E-state index contributed by atoms with van der Waals surface area (Å²) >= 11 is 0. The Balaban J connectivity index is 1.72. The summed E-state index contributed by atoms with van der Waals surface area (Å²) in [5, 5.41) is 0. The van der Waals surface area contributed by atoms with Crippen LogP contribution in [0.25, 0.3) is 11.1 Å². The normalized spacial score (nSPS) is 16.6. The van der Waals surface area contributed by atoms with E-state index in [-0.39, 0.29) is 0 Å². The molecule has 1 aliphatic rings. The van der Waals surface area contributed by atoms with Gasteiger partial charge in [0, 0.05) is 23.5 Å². The molecule has 0 bridgehead atoms. The van der Waals surface area contributed by atoms with Gasteiger partial charge < -0.3 is 15.2 Å². The Morgan fingerprint density at radius 1 is 0.781 bits per heavy atom. The van der Waals surface area contributed by atoms with E-state index in [1.165, 1.54) is 0 Å². The Hall–Kier alpha value is -4.19. The highest BCUT2D eigenvalue weighted by Crippen LogP contribution is 2.45. The zero-order valence-corrected chi connectivity index (χ0v) is 17.8. The highest BCUT2D eigenvalue weighted by atomic mass is 16.5. The molecule has 2 N–H and O–H groups in total. The Morgan fingerprint density at radius 2 is 1.59 bits per heavy atom. The van der Waals surface area contributed by atoms with Gasteiger partial charge in [-0.15, -0.1) is 0 Å². The van der Waals surface area contributed by atoms with Crippen LogP contribution in [0, 0.1) is 0 Å². The summed E-state index contributed by atoms with van der Waals surface area (Å²) in [6, 6.07) is 22.1. The van der Waals surface area contributed by atoms with Gasteiger partial charge in [-0.25, -0.2) is 4.98 Å². The highest BCUT2D eigenvalue weighted by molar-refractivity contribution is 5.87. The molecule has 0 spiro atoms. The van der Waals surface area contributed by atoms with Gasteiger partial charge in [0.2, 0.25) is 0 Å². The molecule has 1 unspecified atom stereocenters. The Bertz CT molecular complexity index is 1320. The van der Waals surface area contributed by atoms with E-state index in [4.69, 9.17) is 20.2 Å². The minimum atomic E-state index is -0.745. The second-order valence-electron chi connectivity index (χ2n) is 7.56. The molecular weight excluding hydrogens is 400 g/mol. The number of pyridine rings is 2. The largest absolute Gasteiger partial charge is 0.497 e. The van der Waals surface area contributed by atoms with Crippen LogP contribution < -0.4 is 15.2 Å². The molecular formula is C26H22N4O2. The fourth-order valence-electron chi connectivity index (χ4n) is 4.19. The van der Waals surface area contributed by atoms with Crippen LogP contribution in [0.1, 0.15) is 22.4 Å². The maximum absolute atomic E-state index is 5.95. The lowest BCUT2D eigenvalue weighted by Crippen LogP contribution is -2.25. The van der Waals surface area contributed by atoms with E-state index in [2.05, 4.69) is 28.2 Å². The number of ether oxygens (including phenoxy) is 2. The third kappa shape index (κ3) is 3.17. The molecule has 3 heterocycles. The Morgan fingerprint density at radius 3 is 2.38 bits per heavy atom. The van der Waals surface area contributed by atoms with Gasteiger partial charge in [-0.3, -0.25) is 9.98 Å². The van der Waals surface area contributed by atoms with Crippen molar-refractivity contribution in [3.05, 3.63) is 102 Å². The maximum atomic E-state index is 5.95. The van der Waals surface area contributed by atoms with E-state index in [0.717, 1.165) is 39.3 Å². The third-order valence-corrected chi connectivity index (χ3v) is 5.79. The van der Waals surface area contributed by atoms with Gasteiger partial charge in [-0.2, -0.15) is 0 Å². The van der Waals surface area contributed by atoms with Gasteiger partial charge in [0.15, 0.2) is 0 Å². The first-order valence-electron chi connectivity index (χ1n) is 10.2. The molecule has 1 atom stereocenters. The highest BCUT2D eigenvalue weighted by Gasteiger charge is 2.41. The van der Waals surface area contributed by atoms with Gasteiger partial charge in [0.05, 0.1) is 26.1 Å². The molecule has 6 nitrogen and oxygen atoms in total. The predicted octanol–water partition coefficient (Wildman–Crippen LogP) is 4.47. The zero-order valence-electron chi connectivity index (χ0n) is 17.8. The first-order chi connectivity index (χ1) is 15.6. The van der Waals surface area contributed by atoms with Crippen molar-refractivity contribution in [3.63, 3.8) is 0 Å². The topological polar surface area (TPSA) is 82.6 Å². The summed E-state index contributed by atoms with van der Waals surface area (Å²) < 4.78 is 10.7. The van der Waals surface area contributed by atoms with E-state index < -0.39 is 5.54 Å². The average Bonchev–Trinajstić information content (AvgIpc) is 3.23. The van der Waals surface area contributed by atoms with Crippen LogP contribution in [0.3, 0.4) is 0 Å². The number of nitrogen functional groups attached to an aromatic ring is 1. The summed E-state index contributed by atoms with van der Waals surface area (Å²) in [4.78, 5) is 13.8. The molecule has 2 aromatic heterocycles. The standard InChI is InChI=1S/C26H22N4O2/c1-31-21-8-6-19(7-9-21)26(23-10-11-25(27)30-24(23)16-29-26)20-5-3-4-17(12-20)18-13-22(32-2)15-28-14-18/h3-16H,1-2H3,(H2,27,30). The van der Waals surface area contributed by atoms with Crippen LogP contribution in [-0.4, -0.2) is 30.4 Å². The molecule has 0 aliphatic carbocycles. The van der Waals surface area contributed by atoms with Crippen molar-refractivity contribution in [1.29, 1.82) is 0 Å². The number of methoxy groups -OCH3 is 2. The number of nitrogens with zero attached hydrogens (tertiary/aromatic N) is 3. The summed E-state index contributed by atoms with van der Waals surface area (Å²) in [5.41, 5.74) is 11.0. The molecule has 5 rings (SSSR count). The van der Waals surface area contributed by atoms with Crippen molar-refractivity contribution < 1.29 is 9.47 Å². The Kier molecular flexibility index (Phi) is 4.82. The number of benzene rings is 2. The predicted molar refractivity (Wildman–Crippen MR) is 125 cm³/mol. The second-order valence-corrected chi connectivity index (χ2v) is 7.56. The molecule has 4 aromatic rings. The van der Waals surface area contributed by atoms with Crippen LogP contribution in [0.4, 0.5) is 5.82 Å². The number of fused-ring (bicyclic) bond motifs is 1. The lowest BCUT2D eigenvalue weighted by Gasteiger charge is -2.29. The van der Waals surface area contributed by atoms with Crippen molar-refractivity contribution in [2.45, 2.75) is 5.54 Å². The number of rotatable bonds is 5. The van der Waals surface area contributed by atoms with E-state index in [0.29, 0.717) is 11.6 Å². The monoisotopic (exact) mass is 422 g/mol. The van der Waals surface area contributed by atoms with Crippen molar-refractivity contribution in [2.24, 2.45) is 4.99 Å². The van der Waals surface area contributed by atoms with Crippen molar-refractivity contribution in [1.82, 2.24) is 9.97 Å². The van der Waals surface area contributed by atoms with Gasteiger partial charge in [0.25, 0.3) is 0 Å². The minimum Gasteiger partial charge on any atom is -0.497 e. The van der Waals surface area contributed by atoms with E-state index in [1.54, 1.807) is 26.6 Å². The summed E-state index contributed by atoms with van der Waals surface area (Å²) in [6.45, 7) is 0. The fraction of sp³-hybridized carbons (Fsp3) is 0.115. The number of hydrogen-bond donors (Lipinski definition) is 1. The Labute approximate surface area is 186 Å². The average molecular weight is 422 g/mol. The van der Waals surface area contributed by atoms with Gasteiger partial charge in [-0.05, 0) is 47.0 Å². The number of hydrogen-bond acceptors (Lipinski definition) is 6. The van der Waals surface area contributed by atoms with E-state index >= 15 is 0 Å². The molecule has 1 aliphatic heterocycles. The van der Waals surface area contributed by atoms with Crippen molar-refractivity contribution in [3.8, 4) is 22.6 Å². The smallest absolute Gasteiger partial charge is 0.138 e. The number of nitrogens with two attached hydrogens (primary N) is 1. The van der Waals surface area contributed by atoms with Crippen LogP contribution in [-0.2, 0) is 5.54 Å². The molecule has 158 valence electrons. The first-order valence-corrected chi connectivity index (χ1v) is 10.2. The fourth-order valence-corrected chi connectivity index (χ4v) is 4.19. The minimum absolute atomic E-state index is 0.469. The molecule has 0 saturated carbocycles. The molecule has 2 aromatic carbocycles. The van der Waals surface area contributed by atoms with Gasteiger partial charge in [0.1, 0.15) is 22.9 Å². The number of aromatic nitrogens is 2. The first kappa shape index (κ1) is 19.8. The third-order valence-electron chi connectivity index (χ3n) is 5.79. The summed E-state index contributed by atoms with van der Waals surface area (Å²) in [6.07, 6.45) is 5.32.